The van der Waals surface area contributed by atoms with E-state index in [0.717, 1.165) is 19.4 Å². The van der Waals surface area contributed by atoms with Crippen molar-refractivity contribution in [1.29, 1.82) is 0 Å². The van der Waals surface area contributed by atoms with E-state index in [0.29, 0.717) is 31.7 Å². The average molecular weight is 359 g/mol. The van der Waals surface area contributed by atoms with Gasteiger partial charge < -0.3 is 19.3 Å². The lowest BCUT2D eigenvalue weighted by atomic mass is 9.99. The third-order valence-corrected chi connectivity index (χ3v) is 5.47. The molecule has 2 unspecified atom stereocenters. The van der Waals surface area contributed by atoms with Crippen LogP contribution in [-0.4, -0.2) is 49.8 Å². The molecule has 1 aliphatic rings. The molecular formula is C21H42O4. The predicted octanol–water partition coefficient (Wildman–Crippen LogP) is 4.58. The Morgan fingerprint density at radius 3 is 1.96 bits per heavy atom. The molecule has 0 aromatic heterocycles. The summed E-state index contributed by atoms with van der Waals surface area (Å²) < 4.78 is 17.8. The Balaban J connectivity index is 2.48. The normalized spacial score (nSPS) is 26.5. The molecule has 0 aromatic carbocycles. The summed E-state index contributed by atoms with van der Waals surface area (Å²) in [6.45, 7) is 11.2. The van der Waals surface area contributed by atoms with E-state index in [4.69, 9.17) is 14.2 Å². The summed E-state index contributed by atoms with van der Waals surface area (Å²) in [6, 6.07) is 0. The van der Waals surface area contributed by atoms with Crippen molar-refractivity contribution >= 4 is 0 Å². The molecule has 1 aliphatic heterocycles. The van der Waals surface area contributed by atoms with E-state index in [2.05, 4.69) is 27.7 Å². The molecule has 4 heteroatoms. The minimum atomic E-state index is -0.585. The van der Waals surface area contributed by atoms with Crippen LogP contribution in [0.4, 0.5) is 0 Å². The van der Waals surface area contributed by atoms with Crippen molar-refractivity contribution in [1.82, 2.24) is 0 Å². The molecule has 4 nitrogen and oxygen atoms in total. The number of hydrogen-bond acceptors (Lipinski definition) is 4. The second-order valence-corrected chi connectivity index (χ2v) is 7.61. The van der Waals surface area contributed by atoms with Gasteiger partial charge in [-0.3, -0.25) is 0 Å². The Kier molecular flexibility index (Phi) is 12.8. The van der Waals surface area contributed by atoms with E-state index in [9.17, 15) is 5.11 Å². The van der Waals surface area contributed by atoms with E-state index in [1.54, 1.807) is 0 Å². The van der Waals surface area contributed by atoms with Crippen LogP contribution >= 0.6 is 0 Å². The summed E-state index contributed by atoms with van der Waals surface area (Å²) >= 11 is 0. The minimum Gasteiger partial charge on any atom is -0.388 e. The maximum atomic E-state index is 10.3. The molecule has 0 aromatic rings. The zero-order valence-electron chi connectivity index (χ0n) is 17.0. The molecule has 0 aliphatic carbocycles. The summed E-state index contributed by atoms with van der Waals surface area (Å²) in [4.78, 5) is 0. The highest BCUT2D eigenvalue weighted by atomic mass is 16.6. The first-order valence-corrected chi connectivity index (χ1v) is 10.6. The molecule has 0 saturated carbocycles. The van der Waals surface area contributed by atoms with E-state index in [1.807, 2.05) is 0 Å². The Morgan fingerprint density at radius 1 is 0.880 bits per heavy atom. The first-order valence-electron chi connectivity index (χ1n) is 10.6. The van der Waals surface area contributed by atoms with Crippen LogP contribution in [0.5, 0.6) is 0 Å². The van der Waals surface area contributed by atoms with Crippen LogP contribution < -0.4 is 0 Å². The van der Waals surface area contributed by atoms with Gasteiger partial charge in [-0.2, -0.15) is 0 Å². The second kappa shape index (κ2) is 14.0. The van der Waals surface area contributed by atoms with Crippen LogP contribution in [0.25, 0.3) is 0 Å². The first kappa shape index (κ1) is 22.9. The first-order chi connectivity index (χ1) is 12.2. The SMILES string of the molecule is CCCCC(CC)CO[C@H]1[C@H](O)COC[C@H]1OCC(CC)CCCC. The molecule has 5 atom stereocenters. The number of aliphatic hydroxyl groups excluding tert-OH is 1. The fraction of sp³-hybridized carbons (Fsp3) is 1.00. The van der Waals surface area contributed by atoms with Gasteiger partial charge in [-0.1, -0.05) is 66.2 Å². The van der Waals surface area contributed by atoms with Gasteiger partial charge in [0.1, 0.15) is 18.3 Å². The maximum Gasteiger partial charge on any atom is 0.114 e. The van der Waals surface area contributed by atoms with Crippen LogP contribution in [0.1, 0.15) is 79.1 Å². The topological polar surface area (TPSA) is 47.9 Å². The van der Waals surface area contributed by atoms with Crippen molar-refractivity contribution in [3.05, 3.63) is 0 Å². The number of ether oxygens (including phenoxy) is 3. The van der Waals surface area contributed by atoms with Gasteiger partial charge in [0.05, 0.1) is 26.4 Å². The smallest absolute Gasteiger partial charge is 0.114 e. The van der Waals surface area contributed by atoms with Crippen molar-refractivity contribution in [3.8, 4) is 0 Å². The van der Waals surface area contributed by atoms with Gasteiger partial charge >= 0.3 is 0 Å². The molecule has 0 amide bonds. The Hall–Kier alpha value is -0.160. The van der Waals surface area contributed by atoms with Crippen molar-refractivity contribution in [3.63, 3.8) is 0 Å². The lowest BCUT2D eigenvalue weighted by Gasteiger charge is -2.36. The summed E-state index contributed by atoms with van der Waals surface area (Å²) in [5.41, 5.74) is 0. The highest BCUT2D eigenvalue weighted by Crippen LogP contribution is 2.22. The van der Waals surface area contributed by atoms with Gasteiger partial charge in [0.25, 0.3) is 0 Å². The highest BCUT2D eigenvalue weighted by Gasteiger charge is 2.35. The van der Waals surface area contributed by atoms with E-state index < -0.39 is 6.10 Å². The van der Waals surface area contributed by atoms with Crippen LogP contribution in [-0.2, 0) is 14.2 Å². The van der Waals surface area contributed by atoms with Crippen molar-refractivity contribution in [2.75, 3.05) is 26.4 Å². The lowest BCUT2D eigenvalue weighted by molar-refractivity contribution is -0.196. The number of rotatable bonds is 14. The Bertz CT molecular complexity index is 310. The third-order valence-electron chi connectivity index (χ3n) is 5.47. The standard InChI is InChI=1S/C21H42O4/c1-5-9-11-17(7-3)13-24-20-16-23-15-19(22)21(20)25-14-18(8-4)12-10-6-2/h17-22H,5-16H2,1-4H3/t17?,18?,19-,20-,21+/m1/s1. The molecule has 150 valence electrons. The predicted molar refractivity (Wildman–Crippen MR) is 103 cm³/mol. The van der Waals surface area contributed by atoms with E-state index >= 15 is 0 Å². The van der Waals surface area contributed by atoms with Crippen LogP contribution in [0.3, 0.4) is 0 Å². The van der Waals surface area contributed by atoms with E-state index in [-0.39, 0.29) is 12.2 Å². The summed E-state index contributed by atoms with van der Waals surface area (Å²) in [7, 11) is 0. The van der Waals surface area contributed by atoms with Crippen LogP contribution in [0.15, 0.2) is 0 Å². The van der Waals surface area contributed by atoms with Gasteiger partial charge in [0.2, 0.25) is 0 Å². The fourth-order valence-corrected chi connectivity index (χ4v) is 3.41. The van der Waals surface area contributed by atoms with E-state index in [1.165, 1.54) is 38.5 Å². The monoisotopic (exact) mass is 358 g/mol. The zero-order valence-corrected chi connectivity index (χ0v) is 17.0. The maximum absolute atomic E-state index is 10.3. The van der Waals surface area contributed by atoms with Crippen molar-refractivity contribution < 1.29 is 19.3 Å². The average Bonchev–Trinajstić information content (AvgIpc) is 2.63. The molecule has 1 heterocycles. The number of hydrogen-bond donors (Lipinski definition) is 1. The highest BCUT2D eigenvalue weighted by molar-refractivity contribution is 4.83. The van der Waals surface area contributed by atoms with Crippen molar-refractivity contribution in [2.24, 2.45) is 11.8 Å². The molecular weight excluding hydrogens is 316 g/mol. The molecule has 0 radical (unpaired) electrons. The largest absolute Gasteiger partial charge is 0.388 e. The number of unbranched alkanes of at least 4 members (excludes halogenated alkanes) is 2. The molecule has 25 heavy (non-hydrogen) atoms. The molecule has 1 N–H and O–H groups in total. The van der Waals surface area contributed by atoms with Gasteiger partial charge in [-0.05, 0) is 24.7 Å². The molecule has 1 saturated heterocycles. The molecule has 1 fully saturated rings. The Morgan fingerprint density at radius 2 is 1.44 bits per heavy atom. The van der Waals surface area contributed by atoms with Crippen molar-refractivity contribution in [2.45, 2.75) is 97.4 Å². The van der Waals surface area contributed by atoms with Gasteiger partial charge in [-0.25, -0.2) is 0 Å². The summed E-state index contributed by atoms with van der Waals surface area (Å²) in [6.07, 6.45) is 8.62. The molecule has 1 rings (SSSR count). The van der Waals surface area contributed by atoms with Crippen LogP contribution in [0.2, 0.25) is 0 Å². The molecule has 0 bridgehead atoms. The number of aliphatic hydroxyl groups is 1. The summed E-state index contributed by atoms with van der Waals surface area (Å²) in [5, 5.41) is 10.3. The van der Waals surface area contributed by atoms with Gasteiger partial charge in [-0.15, -0.1) is 0 Å². The Labute approximate surface area is 155 Å². The quantitative estimate of drug-likeness (QED) is 0.494. The van der Waals surface area contributed by atoms with Crippen LogP contribution in [0, 0.1) is 11.8 Å². The fourth-order valence-electron chi connectivity index (χ4n) is 3.41. The zero-order chi connectivity index (χ0) is 18.5. The third kappa shape index (κ3) is 8.85. The molecule has 0 spiro atoms. The lowest BCUT2D eigenvalue weighted by Crippen LogP contribution is -2.51. The second-order valence-electron chi connectivity index (χ2n) is 7.61. The van der Waals surface area contributed by atoms with Gasteiger partial charge in [0, 0.05) is 0 Å². The minimum absolute atomic E-state index is 0.150. The van der Waals surface area contributed by atoms with Gasteiger partial charge in [0.15, 0.2) is 0 Å². The summed E-state index contributed by atoms with van der Waals surface area (Å²) in [5.74, 6) is 1.16.